The highest BCUT2D eigenvalue weighted by Crippen LogP contribution is 2.23. The summed E-state index contributed by atoms with van der Waals surface area (Å²) in [4.78, 5) is 48.8. The summed E-state index contributed by atoms with van der Waals surface area (Å²) in [5.74, 6) is -2.07. The van der Waals surface area contributed by atoms with E-state index in [0.29, 0.717) is 10.8 Å². The molecule has 142 valence electrons. The number of nitrogens with one attached hydrogen (secondary N) is 1. The number of hydrogen-bond donors (Lipinski definition) is 2. The summed E-state index contributed by atoms with van der Waals surface area (Å²) < 4.78 is 10.2. The maximum atomic E-state index is 12.1. The van der Waals surface area contributed by atoms with Crippen LogP contribution in [0.3, 0.4) is 0 Å². The lowest BCUT2D eigenvalue weighted by atomic mass is 10.1. The molecule has 0 aromatic carbocycles. The molecule has 0 spiro atoms. The summed E-state index contributed by atoms with van der Waals surface area (Å²) in [6.45, 7) is -0.0289. The molecule has 1 fully saturated rings. The molecule has 3 heterocycles. The highest BCUT2D eigenvalue weighted by molar-refractivity contribution is 7.14. The highest BCUT2D eigenvalue weighted by Gasteiger charge is 2.35. The maximum Gasteiger partial charge on any atom is 0.311 e. The molecular formula is C17H17N3O6S. The van der Waals surface area contributed by atoms with Crippen LogP contribution in [0.2, 0.25) is 0 Å². The molecule has 1 unspecified atom stereocenters. The SMILES string of the molecule is NC(=O)c1ccsc1NC(=O)COC(=O)C1CC(=O)N(Cc2ccco2)C1. The first-order valence-electron chi connectivity index (χ1n) is 8.08. The van der Waals surface area contributed by atoms with Crippen molar-refractivity contribution in [1.29, 1.82) is 0 Å². The Labute approximate surface area is 158 Å². The van der Waals surface area contributed by atoms with Crippen LogP contribution in [0.5, 0.6) is 0 Å². The molecule has 2 aromatic heterocycles. The van der Waals surface area contributed by atoms with Crippen LogP contribution in [-0.2, 0) is 25.7 Å². The summed E-state index contributed by atoms with van der Waals surface area (Å²) in [5.41, 5.74) is 5.39. The first-order chi connectivity index (χ1) is 12.9. The maximum absolute atomic E-state index is 12.1. The molecule has 0 aliphatic carbocycles. The van der Waals surface area contributed by atoms with E-state index >= 15 is 0 Å². The Morgan fingerprint density at radius 2 is 2.19 bits per heavy atom. The summed E-state index contributed by atoms with van der Waals surface area (Å²) in [5, 5.41) is 4.38. The van der Waals surface area contributed by atoms with Crippen molar-refractivity contribution < 1.29 is 28.3 Å². The number of furan rings is 1. The highest BCUT2D eigenvalue weighted by atomic mass is 32.1. The zero-order valence-corrected chi connectivity index (χ0v) is 15.0. The van der Waals surface area contributed by atoms with E-state index in [9.17, 15) is 19.2 Å². The van der Waals surface area contributed by atoms with E-state index in [1.165, 1.54) is 17.2 Å². The number of esters is 1. The fourth-order valence-corrected chi connectivity index (χ4v) is 3.50. The third kappa shape index (κ3) is 4.53. The predicted molar refractivity (Wildman–Crippen MR) is 94.7 cm³/mol. The molecular weight excluding hydrogens is 374 g/mol. The average molecular weight is 391 g/mol. The molecule has 1 aliphatic heterocycles. The van der Waals surface area contributed by atoms with Gasteiger partial charge in [-0.05, 0) is 23.6 Å². The largest absolute Gasteiger partial charge is 0.467 e. The molecule has 27 heavy (non-hydrogen) atoms. The van der Waals surface area contributed by atoms with Crippen molar-refractivity contribution in [3.05, 3.63) is 41.2 Å². The molecule has 1 atom stereocenters. The Balaban J connectivity index is 1.47. The van der Waals surface area contributed by atoms with Crippen LogP contribution in [0.1, 0.15) is 22.5 Å². The van der Waals surface area contributed by atoms with Gasteiger partial charge in [0.2, 0.25) is 5.91 Å². The van der Waals surface area contributed by atoms with Crippen molar-refractivity contribution in [2.45, 2.75) is 13.0 Å². The van der Waals surface area contributed by atoms with Crippen LogP contribution in [0, 0.1) is 5.92 Å². The number of nitrogens with two attached hydrogens (primary N) is 1. The van der Waals surface area contributed by atoms with E-state index in [4.69, 9.17) is 14.9 Å². The normalized spacial score (nSPS) is 16.4. The van der Waals surface area contributed by atoms with Gasteiger partial charge in [0, 0.05) is 13.0 Å². The second kappa shape index (κ2) is 8.04. The van der Waals surface area contributed by atoms with E-state index < -0.39 is 30.3 Å². The molecule has 10 heteroatoms. The standard InChI is InChI=1S/C17H17N3O6S/c18-15(23)12-3-5-27-16(12)19-13(21)9-26-17(24)10-6-14(22)20(7-10)8-11-2-1-4-25-11/h1-5,10H,6-9H2,(H2,18,23)(H,19,21). The fourth-order valence-electron chi connectivity index (χ4n) is 2.69. The summed E-state index contributed by atoms with van der Waals surface area (Å²) in [6, 6.07) is 4.96. The zero-order valence-electron chi connectivity index (χ0n) is 14.2. The number of anilines is 1. The van der Waals surface area contributed by atoms with Crippen molar-refractivity contribution in [2.24, 2.45) is 11.7 Å². The quantitative estimate of drug-likeness (QED) is 0.676. The van der Waals surface area contributed by atoms with Gasteiger partial charge in [-0.25, -0.2) is 0 Å². The minimum absolute atomic E-state index is 0.0257. The smallest absolute Gasteiger partial charge is 0.311 e. The van der Waals surface area contributed by atoms with E-state index in [2.05, 4.69) is 5.32 Å². The fraction of sp³-hybridized carbons (Fsp3) is 0.294. The van der Waals surface area contributed by atoms with Crippen LogP contribution in [0.15, 0.2) is 34.3 Å². The lowest BCUT2D eigenvalue weighted by Crippen LogP contribution is -2.28. The van der Waals surface area contributed by atoms with Crippen molar-refractivity contribution in [1.82, 2.24) is 4.90 Å². The first-order valence-corrected chi connectivity index (χ1v) is 8.96. The van der Waals surface area contributed by atoms with Crippen molar-refractivity contribution in [3.8, 4) is 0 Å². The van der Waals surface area contributed by atoms with Crippen LogP contribution >= 0.6 is 11.3 Å². The second-order valence-corrected chi connectivity index (χ2v) is 6.85. The van der Waals surface area contributed by atoms with Crippen molar-refractivity contribution in [2.75, 3.05) is 18.5 Å². The number of ether oxygens (including phenoxy) is 1. The molecule has 1 saturated heterocycles. The number of nitrogens with zero attached hydrogens (tertiary/aromatic N) is 1. The van der Waals surface area contributed by atoms with Crippen LogP contribution < -0.4 is 11.1 Å². The van der Waals surface area contributed by atoms with Crippen LogP contribution in [0.4, 0.5) is 5.00 Å². The van der Waals surface area contributed by atoms with Gasteiger partial charge >= 0.3 is 5.97 Å². The molecule has 3 N–H and O–H groups in total. The van der Waals surface area contributed by atoms with Gasteiger partial charge in [-0.1, -0.05) is 0 Å². The zero-order chi connectivity index (χ0) is 19.4. The molecule has 0 saturated carbocycles. The number of amides is 3. The Morgan fingerprint density at radius 1 is 1.37 bits per heavy atom. The predicted octanol–water partition coefficient (Wildman–Crippen LogP) is 0.970. The van der Waals surface area contributed by atoms with Gasteiger partial charge in [0.05, 0.1) is 24.3 Å². The van der Waals surface area contributed by atoms with E-state index in [1.54, 1.807) is 17.5 Å². The molecule has 1 aliphatic rings. The Bertz CT molecular complexity index is 860. The van der Waals surface area contributed by atoms with E-state index in [-0.39, 0.29) is 31.0 Å². The Hall–Kier alpha value is -3.14. The van der Waals surface area contributed by atoms with Gasteiger partial charge < -0.3 is 25.1 Å². The minimum atomic E-state index is -0.662. The number of likely N-dealkylation sites (tertiary alicyclic amines) is 1. The van der Waals surface area contributed by atoms with Crippen LogP contribution in [-0.4, -0.2) is 41.7 Å². The average Bonchev–Trinajstić information content (AvgIpc) is 3.35. The van der Waals surface area contributed by atoms with Gasteiger partial charge in [-0.2, -0.15) is 0 Å². The van der Waals surface area contributed by atoms with Gasteiger partial charge in [0.1, 0.15) is 10.8 Å². The summed E-state index contributed by atoms with van der Waals surface area (Å²) >= 11 is 1.13. The number of carbonyl (C=O) groups excluding carboxylic acids is 4. The Kier molecular flexibility index (Phi) is 5.55. The van der Waals surface area contributed by atoms with Crippen LogP contribution in [0.25, 0.3) is 0 Å². The van der Waals surface area contributed by atoms with Crippen molar-refractivity contribution >= 4 is 40.0 Å². The minimum Gasteiger partial charge on any atom is -0.467 e. The molecule has 2 aromatic rings. The number of rotatable bonds is 7. The van der Waals surface area contributed by atoms with Gasteiger partial charge in [0.15, 0.2) is 6.61 Å². The Morgan fingerprint density at radius 3 is 2.89 bits per heavy atom. The topological polar surface area (TPSA) is 132 Å². The number of carbonyl (C=O) groups is 4. The summed E-state index contributed by atoms with van der Waals surface area (Å²) in [7, 11) is 0. The van der Waals surface area contributed by atoms with E-state index in [0.717, 1.165) is 11.3 Å². The summed E-state index contributed by atoms with van der Waals surface area (Å²) in [6.07, 6.45) is 1.54. The van der Waals surface area contributed by atoms with Gasteiger partial charge in [-0.15, -0.1) is 11.3 Å². The molecule has 3 amide bonds. The number of hydrogen-bond acceptors (Lipinski definition) is 7. The molecule has 3 rings (SSSR count). The third-order valence-electron chi connectivity index (χ3n) is 4.00. The second-order valence-electron chi connectivity index (χ2n) is 5.94. The van der Waals surface area contributed by atoms with E-state index in [1.807, 2.05) is 0 Å². The van der Waals surface area contributed by atoms with Gasteiger partial charge in [0.25, 0.3) is 11.8 Å². The molecule has 9 nitrogen and oxygen atoms in total. The molecule has 0 radical (unpaired) electrons. The van der Waals surface area contributed by atoms with Gasteiger partial charge in [-0.3, -0.25) is 19.2 Å². The number of thiophene rings is 1. The lowest BCUT2D eigenvalue weighted by molar-refractivity contribution is -0.151. The number of primary amides is 1. The lowest BCUT2D eigenvalue weighted by Gasteiger charge is -2.14. The monoisotopic (exact) mass is 391 g/mol. The molecule has 0 bridgehead atoms. The van der Waals surface area contributed by atoms with Crippen molar-refractivity contribution in [3.63, 3.8) is 0 Å². The first kappa shape index (κ1) is 18.6. The third-order valence-corrected chi connectivity index (χ3v) is 4.83.